The van der Waals surface area contributed by atoms with E-state index in [0.717, 1.165) is 23.0 Å². The molecule has 2 aromatic heterocycles. The van der Waals surface area contributed by atoms with Crippen LogP contribution in [0.2, 0.25) is 0 Å². The number of benzene rings is 2. The van der Waals surface area contributed by atoms with Gasteiger partial charge in [0.2, 0.25) is 0 Å². The highest BCUT2D eigenvalue weighted by Crippen LogP contribution is 2.32. The van der Waals surface area contributed by atoms with Gasteiger partial charge >= 0.3 is 0 Å². The second-order valence-corrected chi connectivity index (χ2v) is 10.4. The Kier molecular flexibility index (Phi) is 8.36. The summed E-state index contributed by atoms with van der Waals surface area (Å²) in [6.07, 6.45) is 0. The van der Waals surface area contributed by atoms with Crippen molar-refractivity contribution >= 4 is 43.2 Å². The molecule has 0 aliphatic carbocycles. The van der Waals surface area contributed by atoms with Gasteiger partial charge in [-0.2, -0.15) is 27.8 Å². The molecule has 0 fully saturated rings. The summed E-state index contributed by atoms with van der Waals surface area (Å²) in [7, 11) is 0. The number of nitrogens with zero attached hydrogens (tertiary/aromatic N) is 5. The van der Waals surface area contributed by atoms with Crippen molar-refractivity contribution in [2.45, 2.75) is 39.5 Å². The normalized spacial score (nSPS) is 11.7. The zero-order chi connectivity index (χ0) is 28.6. The van der Waals surface area contributed by atoms with Gasteiger partial charge in [-0.1, -0.05) is 31.9 Å². The molecule has 0 saturated carbocycles. The van der Waals surface area contributed by atoms with Gasteiger partial charge in [-0.05, 0) is 56.3 Å². The largest absolute Gasteiger partial charge is 0.397 e. The van der Waals surface area contributed by atoms with E-state index in [4.69, 9.17) is 5.73 Å². The molecular weight excluding hydrogens is 640 g/mol. The Morgan fingerprint density at radius 1 is 0.816 bits per heavy atom. The SMILES string of the molecule is Cc1cc(C(C)(F)F)nn1-c1ccc(Br)cc1N.Cc1cc(C(C)(F)F)nn1-c1ccc(Br)cc1[N+](=O)[O-]. The molecule has 4 rings (SSSR count). The van der Waals surface area contributed by atoms with E-state index in [2.05, 4.69) is 42.1 Å². The number of nitro groups is 1. The molecule has 38 heavy (non-hydrogen) atoms. The summed E-state index contributed by atoms with van der Waals surface area (Å²) >= 11 is 6.43. The summed E-state index contributed by atoms with van der Waals surface area (Å²) in [6, 6.07) is 12.2. The number of hydrogen-bond acceptors (Lipinski definition) is 5. The maximum Gasteiger partial charge on any atom is 0.296 e. The van der Waals surface area contributed by atoms with E-state index in [-0.39, 0.29) is 17.1 Å². The van der Waals surface area contributed by atoms with Crippen molar-refractivity contribution in [2.24, 2.45) is 0 Å². The van der Waals surface area contributed by atoms with Crippen molar-refractivity contribution in [2.75, 3.05) is 5.73 Å². The molecule has 4 aromatic rings. The van der Waals surface area contributed by atoms with Crippen LogP contribution in [0.4, 0.5) is 28.9 Å². The van der Waals surface area contributed by atoms with E-state index in [1.807, 2.05) is 0 Å². The standard InChI is InChI=1S/C12H10BrF2N3O2.C12H12BrF2N3/c1-7-5-11(12(2,14)15)16-17(7)9-4-3-8(13)6-10(9)18(19)20;1-7-5-11(12(2,14)15)17-18(7)10-4-3-8(13)6-9(10)16/h3-6H,1-2H3;3-6H,16H2,1-2H3. The minimum Gasteiger partial charge on any atom is -0.397 e. The van der Waals surface area contributed by atoms with Gasteiger partial charge in [0.25, 0.3) is 17.5 Å². The van der Waals surface area contributed by atoms with Crippen LogP contribution in [0.15, 0.2) is 57.5 Å². The predicted molar refractivity (Wildman–Crippen MR) is 142 cm³/mol. The average molecular weight is 662 g/mol. The molecule has 0 saturated heterocycles. The quantitative estimate of drug-likeness (QED) is 0.103. The van der Waals surface area contributed by atoms with Crippen LogP contribution in [0, 0.1) is 24.0 Å². The van der Waals surface area contributed by atoms with Crippen LogP contribution in [0.1, 0.15) is 36.6 Å². The fraction of sp³-hybridized carbons (Fsp3) is 0.250. The predicted octanol–water partition coefficient (Wildman–Crippen LogP) is 7.60. The number of aromatic nitrogens is 4. The molecule has 8 nitrogen and oxygen atoms in total. The third-order valence-electron chi connectivity index (χ3n) is 5.25. The van der Waals surface area contributed by atoms with Crippen molar-refractivity contribution < 1.29 is 22.5 Å². The lowest BCUT2D eigenvalue weighted by atomic mass is 10.2. The molecule has 0 radical (unpaired) electrons. The van der Waals surface area contributed by atoms with Crippen molar-refractivity contribution in [3.63, 3.8) is 0 Å². The molecule has 0 atom stereocenters. The summed E-state index contributed by atoms with van der Waals surface area (Å²) in [5, 5.41) is 18.7. The van der Waals surface area contributed by atoms with Crippen molar-refractivity contribution in [3.05, 3.63) is 90.4 Å². The Morgan fingerprint density at radius 3 is 1.63 bits per heavy atom. The van der Waals surface area contributed by atoms with Gasteiger partial charge in [-0.25, -0.2) is 9.36 Å². The van der Waals surface area contributed by atoms with E-state index in [1.54, 1.807) is 38.1 Å². The zero-order valence-electron chi connectivity index (χ0n) is 20.5. The molecule has 0 aliphatic heterocycles. The van der Waals surface area contributed by atoms with Crippen molar-refractivity contribution in [1.29, 1.82) is 0 Å². The van der Waals surface area contributed by atoms with E-state index < -0.39 is 22.5 Å². The van der Waals surface area contributed by atoms with Crippen LogP contribution >= 0.6 is 31.9 Å². The number of nitro benzene ring substituents is 1. The highest BCUT2D eigenvalue weighted by Gasteiger charge is 2.30. The molecule has 0 bridgehead atoms. The molecule has 0 amide bonds. The zero-order valence-corrected chi connectivity index (χ0v) is 23.7. The summed E-state index contributed by atoms with van der Waals surface area (Å²) in [5.41, 5.74) is 7.18. The fourth-order valence-electron chi connectivity index (χ4n) is 3.41. The molecule has 0 spiro atoms. The number of nitrogens with two attached hydrogens (primary N) is 1. The molecule has 2 N–H and O–H groups in total. The lowest BCUT2D eigenvalue weighted by Gasteiger charge is -2.09. The van der Waals surface area contributed by atoms with E-state index in [1.165, 1.54) is 28.9 Å². The van der Waals surface area contributed by atoms with Crippen LogP contribution in [0.3, 0.4) is 0 Å². The number of aryl methyl sites for hydroxylation is 2. The summed E-state index contributed by atoms with van der Waals surface area (Å²) in [5.74, 6) is -6.06. The van der Waals surface area contributed by atoms with Gasteiger partial charge in [0, 0.05) is 40.2 Å². The minimum atomic E-state index is -3.10. The minimum absolute atomic E-state index is 0.145. The molecule has 2 aromatic carbocycles. The second kappa shape index (κ2) is 10.8. The Hall–Kier alpha value is -3.26. The maximum atomic E-state index is 13.3. The first kappa shape index (κ1) is 29.3. The maximum absolute atomic E-state index is 13.3. The Labute approximate surface area is 231 Å². The molecule has 14 heteroatoms. The molecule has 202 valence electrons. The lowest BCUT2D eigenvalue weighted by Crippen LogP contribution is -2.09. The topological polar surface area (TPSA) is 105 Å². The first-order valence-electron chi connectivity index (χ1n) is 10.9. The van der Waals surface area contributed by atoms with E-state index in [9.17, 15) is 27.7 Å². The Balaban J connectivity index is 0.000000212. The van der Waals surface area contributed by atoms with E-state index >= 15 is 0 Å². The highest BCUT2D eigenvalue weighted by atomic mass is 79.9. The molecule has 0 unspecified atom stereocenters. The third-order valence-corrected chi connectivity index (χ3v) is 6.24. The Bertz CT molecular complexity index is 1490. The number of anilines is 1. The number of halogens is 6. The van der Waals surface area contributed by atoms with Crippen molar-refractivity contribution in [3.8, 4) is 11.4 Å². The van der Waals surface area contributed by atoms with Crippen molar-refractivity contribution in [1.82, 2.24) is 19.6 Å². The monoisotopic (exact) mass is 660 g/mol. The van der Waals surface area contributed by atoms with Crippen LogP contribution < -0.4 is 5.73 Å². The smallest absolute Gasteiger partial charge is 0.296 e. The summed E-state index contributed by atoms with van der Waals surface area (Å²) in [4.78, 5) is 10.5. The average Bonchev–Trinajstić information content (AvgIpc) is 3.37. The number of rotatable bonds is 5. The number of nitrogen functional groups attached to an aromatic ring is 1. The van der Waals surface area contributed by atoms with Gasteiger partial charge in [0.15, 0.2) is 0 Å². The summed E-state index contributed by atoms with van der Waals surface area (Å²) < 4.78 is 56.9. The van der Waals surface area contributed by atoms with Crippen LogP contribution in [0.5, 0.6) is 0 Å². The third kappa shape index (κ3) is 6.59. The van der Waals surface area contributed by atoms with Gasteiger partial charge in [0.1, 0.15) is 17.1 Å². The molecule has 2 heterocycles. The number of alkyl halides is 4. The van der Waals surface area contributed by atoms with E-state index in [0.29, 0.717) is 27.2 Å². The highest BCUT2D eigenvalue weighted by molar-refractivity contribution is 9.10. The molecular formula is C24H22Br2F4N6O2. The van der Waals surface area contributed by atoms with Gasteiger partial charge in [-0.15, -0.1) is 0 Å². The van der Waals surface area contributed by atoms with Gasteiger partial charge in [-0.3, -0.25) is 10.1 Å². The first-order valence-corrected chi connectivity index (χ1v) is 12.5. The molecule has 0 aliphatic rings. The second-order valence-electron chi connectivity index (χ2n) is 8.54. The van der Waals surface area contributed by atoms with Gasteiger partial charge < -0.3 is 5.73 Å². The first-order chi connectivity index (χ1) is 17.5. The van der Waals surface area contributed by atoms with Crippen LogP contribution in [-0.2, 0) is 11.8 Å². The summed E-state index contributed by atoms with van der Waals surface area (Å²) in [6.45, 7) is 4.83. The lowest BCUT2D eigenvalue weighted by molar-refractivity contribution is -0.384. The number of hydrogen-bond donors (Lipinski definition) is 1. The Morgan fingerprint density at radius 2 is 1.24 bits per heavy atom. The van der Waals surface area contributed by atoms with Gasteiger partial charge in [0.05, 0.1) is 16.3 Å². The fourth-order valence-corrected chi connectivity index (χ4v) is 4.13. The van der Waals surface area contributed by atoms with Crippen LogP contribution in [0.25, 0.3) is 11.4 Å². The van der Waals surface area contributed by atoms with Crippen LogP contribution in [-0.4, -0.2) is 24.5 Å².